The van der Waals surface area contributed by atoms with Gasteiger partial charge in [0.05, 0.1) is 21.2 Å². The van der Waals surface area contributed by atoms with E-state index in [4.69, 9.17) is 4.98 Å². The van der Waals surface area contributed by atoms with Gasteiger partial charge in [0.25, 0.3) is 5.69 Å². The number of benzene rings is 3. The monoisotopic (exact) mass is 581 g/mol. The second-order valence-corrected chi connectivity index (χ2v) is 12.6. The first-order chi connectivity index (χ1) is 20.2. The molecule has 1 fully saturated rings. The summed E-state index contributed by atoms with van der Waals surface area (Å²) >= 11 is 0. The van der Waals surface area contributed by atoms with Crippen molar-refractivity contribution in [3.63, 3.8) is 0 Å². The molecular formula is C32H31N5O4S. The van der Waals surface area contributed by atoms with E-state index in [1.165, 1.54) is 39.2 Å². The van der Waals surface area contributed by atoms with E-state index in [1.807, 2.05) is 18.2 Å². The van der Waals surface area contributed by atoms with E-state index < -0.39 is 14.9 Å². The molecule has 3 heterocycles. The molecule has 9 nitrogen and oxygen atoms in total. The number of rotatable bonds is 7. The molecule has 5 aromatic rings. The Morgan fingerprint density at radius 1 is 0.857 bits per heavy atom. The maximum atomic E-state index is 13.3. The van der Waals surface area contributed by atoms with Gasteiger partial charge in [-0.3, -0.25) is 15.0 Å². The van der Waals surface area contributed by atoms with Crippen molar-refractivity contribution < 1.29 is 13.3 Å². The molecule has 0 saturated carbocycles. The number of nitro benzene ring substituents is 1. The molecule has 0 amide bonds. The molecule has 3 aromatic carbocycles. The molecule has 0 N–H and O–H groups in total. The molecule has 0 bridgehead atoms. The predicted octanol–water partition coefficient (Wildman–Crippen LogP) is 5.70. The van der Waals surface area contributed by atoms with Crippen molar-refractivity contribution in [3.05, 3.63) is 118 Å². The van der Waals surface area contributed by atoms with Crippen LogP contribution in [0.3, 0.4) is 0 Å². The molecule has 0 aliphatic carbocycles. The zero-order valence-corrected chi connectivity index (χ0v) is 24.3. The van der Waals surface area contributed by atoms with Crippen molar-refractivity contribution >= 4 is 21.4 Å². The van der Waals surface area contributed by atoms with Crippen LogP contribution in [0.5, 0.6) is 0 Å². The molecule has 1 aliphatic rings. The summed E-state index contributed by atoms with van der Waals surface area (Å²) < 4.78 is 30.2. The third kappa shape index (κ3) is 5.32. The van der Waals surface area contributed by atoms with Gasteiger partial charge in [-0.05, 0) is 48.7 Å². The number of pyridine rings is 1. The van der Waals surface area contributed by atoms with Gasteiger partial charge in [0.2, 0.25) is 10.0 Å². The largest absolute Gasteiger partial charge is 0.301 e. The molecule has 1 saturated heterocycles. The number of hydrogen-bond acceptors (Lipinski definition) is 6. The lowest BCUT2D eigenvalue weighted by molar-refractivity contribution is -0.385. The number of fused-ring (bicyclic) bond motifs is 1. The van der Waals surface area contributed by atoms with E-state index in [0.717, 1.165) is 34.2 Å². The second-order valence-electron chi connectivity index (χ2n) is 10.7. The average Bonchev–Trinajstić information content (AvgIpc) is 3.36. The van der Waals surface area contributed by atoms with E-state index in [1.54, 1.807) is 0 Å². The minimum absolute atomic E-state index is 0.0581. The molecule has 214 valence electrons. The number of hydrogen-bond donors (Lipinski definition) is 0. The molecule has 0 radical (unpaired) electrons. The molecular weight excluding hydrogens is 550 g/mol. The fraction of sp³-hybridized carbons (Fsp3) is 0.219. The van der Waals surface area contributed by atoms with E-state index >= 15 is 0 Å². The van der Waals surface area contributed by atoms with Gasteiger partial charge in [-0.15, -0.1) is 0 Å². The van der Waals surface area contributed by atoms with Gasteiger partial charge >= 0.3 is 0 Å². The van der Waals surface area contributed by atoms with Crippen LogP contribution in [-0.4, -0.2) is 58.1 Å². The minimum Gasteiger partial charge on any atom is -0.301 e. The Hall–Kier alpha value is -4.38. The number of nitro groups is 1. The zero-order valence-electron chi connectivity index (χ0n) is 23.5. The average molecular weight is 582 g/mol. The van der Waals surface area contributed by atoms with Crippen molar-refractivity contribution in [2.24, 2.45) is 0 Å². The molecule has 2 aromatic heterocycles. The summed E-state index contributed by atoms with van der Waals surface area (Å²) in [5.74, 6) is 0. The van der Waals surface area contributed by atoms with Gasteiger partial charge in [0.15, 0.2) is 0 Å². The number of imidazole rings is 1. The fourth-order valence-electron chi connectivity index (χ4n) is 5.52. The van der Waals surface area contributed by atoms with Crippen molar-refractivity contribution in [2.75, 3.05) is 26.2 Å². The third-order valence-electron chi connectivity index (χ3n) is 7.84. The Bertz CT molecular complexity index is 1900. The highest BCUT2D eigenvalue weighted by Gasteiger charge is 2.30. The Labute approximate surface area is 244 Å². The van der Waals surface area contributed by atoms with E-state index in [0.29, 0.717) is 19.6 Å². The van der Waals surface area contributed by atoms with Crippen molar-refractivity contribution in [1.82, 2.24) is 18.6 Å². The third-order valence-corrected chi connectivity index (χ3v) is 9.73. The number of aryl methyl sites for hydroxylation is 2. The van der Waals surface area contributed by atoms with Crippen molar-refractivity contribution in [2.45, 2.75) is 25.3 Å². The molecule has 0 atom stereocenters. The molecule has 42 heavy (non-hydrogen) atoms. The van der Waals surface area contributed by atoms with Crippen LogP contribution in [0.1, 0.15) is 16.8 Å². The van der Waals surface area contributed by atoms with Crippen molar-refractivity contribution in [3.8, 4) is 22.4 Å². The number of non-ortho nitro benzene ring substituents is 1. The van der Waals surface area contributed by atoms with Gasteiger partial charge in [0.1, 0.15) is 5.65 Å². The first-order valence-corrected chi connectivity index (χ1v) is 15.3. The SMILES string of the molecule is Cc1ccc(C)c(-c2ccc3nc(-c4ccccc4)c(CN4CCN(S(=O)(=O)c5cccc([N+](=O)[O-])c5)CC4)n3c2)c1. The summed E-state index contributed by atoms with van der Waals surface area (Å²) in [4.78, 5) is 17.8. The maximum absolute atomic E-state index is 13.3. The van der Waals surface area contributed by atoms with Crippen LogP contribution in [0.25, 0.3) is 28.0 Å². The van der Waals surface area contributed by atoms with Crippen LogP contribution >= 0.6 is 0 Å². The van der Waals surface area contributed by atoms with E-state index in [2.05, 4.69) is 71.8 Å². The summed E-state index contributed by atoms with van der Waals surface area (Å²) in [6.07, 6.45) is 2.15. The highest BCUT2D eigenvalue weighted by Crippen LogP contribution is 2.30. The number of sulfonamides is 1. The van der Waals surface area contributed by atoms with Crippen LogP contribution in [0.4, 0.5) is 5.69 Å². The highest BCUT2D eigenvalue weighted by molar-refractivity contribution is 7.89. The normalized spacial score (nSPS) is 14.8. The molecule has 1 aliphatic heterocycles. The second kappa shape index (κ2) is 11.1. The van der Waals surface area contributed by atoms with Gasteiger partial charge in [-0.25, -0.2) is 13.4 Å². The molecule has 0 unspecified atom stereocenters. The Morgan fingerprint density at radius 3 is 2.36 bits per heavy atom. The smallest absolute Gasteiger partial charge is 0.270 e. The van der Waals surface area contributed by atoms with Gasteiger partial charge in [-0.2, -0.15) is 4.31 Å². The van der Waals surface area contributed by atoms with Crippen LogP contribution in [0.15, 0.2) is 96.0 Å². The fourth-order valence-corrected chi connectivity index (χ4v) is 6.99. The van der Waals surface area contributed by atoms with Crippen LogP contribution in [0.2, 0.25) is 0 Å². The summed E-state index contributed by atoms with van der Waals surface area (Å²) in [6, 6.07) is 26.0. The van der Waals surface area contributed by atoms with Gasteiger partial charge < -0.3 is 4.40 Å². The lowest BCUT2D eigenvalue weighted by Crippen LogP contribution is -2.48. The summed E-state index contributed by atoms with van der Waals surface area (Å²) in [6.45, 7) is 6.41. The zero-order chi connectivity index (χ0) is 29.4. The van der Waals surface area contributed by atoms with E-state index in [-0.39, 0.29) is 23.7 Å². The van der Waals surface area contributed by atoms with Crippen molar-refractivity contribution in [1.29, 1.82) is 0 Å². The Kier molecular flexibility index (Phi) is 7.36. The first-order valence-electron chi connectivity index (χ1n) is 13.8. The lowest BCUT2D eigenvalue weighted by atomic mass is 10.00. The Balaban J connectivity index is 1.30. The number of piperazine rings is 1. The Morgan fingerprint density at radius 2 is 1.62 bits per heavy atom. The maximum Gasteiger partial charge on any atom is 0.270 e. The molecule has 10 heteroatoms. The summed E-state index contributed by atoms with van der Waals surface area (Å²) in [5, 5.41) is 11.2. The van der Waals surface area contributed by atoms with Gasteiger partial charge in [0, 0.05) is 56.6 Å². The quantitative estimate of drug-likeness (QED) is 0.181. The minimum atomic E-state index is -3.85. The number of nitrogens with zero attached hydrogens (tertiary/aromatic N) is 5. The molecule has 6 rings (SSSR count). The predicted molar refractivity (Wildman–Crippen MR) is 163 cm³/mol. The summed E-state index contributed by atoms with van der Waals surface area (Å²) in [7, 11) is -3.85. The van der Waals surface area contributed by atoms with E-state index in [9.17, 15) is 18.5 Å². The molecule has 0 spiro atoms. The highest BCUT2D eigenvalue weighted by atomic mass is 32.2. The number of aromatic nitrogens is 2. The van der Waals surface area contributed by atoms with Gasteiger partial charge in [-0.1, -0.05) is 60.2 Å². The van der Waals surface area contributed by atoms with Crippen LogP contribution < -0.4 is 0 Å². The topological polar surface area (TPSA) is 101 Å². The van der Waals surface area contributed by atoms with Crippen LogP contribution in [0, 0.1) is 24.0 Å². The standard InChI is InChI=1S/C32H31N5O4S/c1-23-11-12-24(2)29(19-23)26-13-14-31-33-32(25-7-4-3-5-8-25)30(36(31)21-26)22-34-15-17-35(18-16-34)42(40,41)28-10-6-9-27(20-28)37(38)39/h3-14,19-21H,15-18,22H2,1-2H3. The van der Waals surface area contributed by atoms with Crippen LogP contribution in [-0.2, 0) is 16.6 Å². The lowest BCUT2D eigenvalue weighted by Gasteiger charge is -2.34. The first kappa shape index (κ1) is 27.8. The summed E-state index contributed by atoms with van der Waals surface area (Å²) in [5.41, 5.74) is 8.26.